The number of nitrogens with two attached hydrogens (primary N) is 1. The lowest BCUT2D eigenvalue weighted by atomic mass is 10.1. The van der Waals surface area contributed by atoms with Crippen molar-refractivity contribution in [2.75, 3.05) is 0 Å². The van der Waals surface area contributed by atoms with Gasteiger partial charge in [0.25, 0.3) is 5.91 Å². The topological polar surface area (TPSA) is 123 Å². The summed E-state index contributed by atoms with van der Waals surface area (Å²) in [5.74, 6) is -1.67. The van der Waals surface area contributed by atoms with Crippen LogP contribution in [0.3, 0.4) is 0 Å². The Morgan fingerprint density at radius 3 is 2.85 bits per heavy atom. The molecule has 0 bridgehead atoms. The molecule has 1 saturated carbocycles. The predicted molar refractivity (Wildman–Crippen MR) is 121 cm³/mol. The summed E-state index contributed by atoms with van der Waals surface area (Å²) in [5, 5.41) is 7.52. The number of hydrogen-bond acceptors (Lipinski definition) is 5. The third kappa shape index (κ3) is 3.77. The van der Waals surface area contributed by atoms with Crippen LogP contribution in [0.4, 0.5) is 4.39 Å². The number of likely N-dealkylation sites (tertiary alicyclic amines) is 1. The van der Waals surface area contributed by atoms with Crippen molar-refractivity contribution in [3.8, 4) is 0 Å². The number of carbonyl (C=O) groups excluding carboxylic acids is 3. The molecule has 3 aromatic rings. The van der Waals surface area contributed by atoms with Crippen LogP contribution in [0, 0.1) is 11.7 Å². The summed E-state index contributed by atoms with van der Waals surface area (Å²) in [5.41, 5.74) is 6.27. The normalized spacial score (nSPS) is 21.9. The van der Waals surface area contributed by atoms with Crippen molar-refractivity contribution in [2.24, 2.45) is 11.7 Å². The van der Waals surface area contributed by atoms with E-state index in [2.05, 4.69) is 15.4 Å². The minimum absolute atomic E-state index is 0.0166. The molecular formula is C23H22ClFN6O3. The van der Waals surface area contributed by atoms with E-state index >= 15 is 0 Å². The number of nitrogens with one attached hydrogen (secondary N) is 1. The molecular weight excluding hydrogens is 463 g/mol. The molecule has 9 nitrogen and oxygen atoms in total. The molecule has 176 valence electrons. The van der Waals surface area contributed by atoms with Crippen molar-refractivity contribution < 1.29 is 18.8 Å². The van der Waals surface area contributed by atoms with Crippen LogP contribution in [0.1, 0.15) is 41.9 Å². The number of pyridine rings is 1. The zero-order valence-corrected chi connectivity index (χ0v) is 19.0. The van der Waals surface area contributed by atoms with Gasteiger partial charge in [-0.3, -0.25) is 24.0 Å². The Morgan fingerprint density at radius 2 is 2.09 bits per heavy atom. The summed E-state index contributed by atoms with van der Waals surface area (Å²) in [6.45, 7) is 1.50. The molecule has 5 rings (SSSR count). The molecule has 3 amide bonds. The van der Waals surface area contributed by atoms with Crippen LogP contribution in [0.2, 0.25) is 5.02 Å². The summed E-state index contributed by atoms with van der Waals surface area (Å²) in [4.78, 5) is 43.8. The number of primary amides is 1. The minimum atomic E-state index is -0.703. The third-order valence-electron chi connectivity index (χ3n) is 6.57. The summed E-state index contributed by atoms with van der Waals surface area (Å²) in [7, 11) is 0. The highest BCUT2D eigenvalue weighted by Crippen LogP contribution is 2.48. The number of halogens is 2. The van der Waals surface area contributed by atoms with Crippen molar-refractivity contribution in [3.63, 3.8) is 0 Å². The molecule has 34 heavy (non-hydrogen) atoms. The fraction of sp³-hybridized carbons (Fsp3) is 0.348. The summed E-state index contributed by atoms with van der Waals surface area (Å²) in [6.07, 6.45) is 4.41. The quantitative estimate of drug-likeness (QED) is 0.555. The van der Waals surface area contributed by atoms with Crippen LogP contribution < -0.4 is 11.1 Å². The number of nitrogens with zero attached hydrogens (tertiary/aromatic N) is 4. The van der Waals surface area contributed by atoms with Gasteiger partial charge in [-0.15, -0.1) is 0 Å². The number of benzene rings is 1. The van der Waals surface area contributed by atoms with E-state index in [4.69, 9.17) is 17.3 Å². The number of rotatable bonds is 6. The van der Waals surface area contributed by atoms with E-state index in [-0.39, 0.29) is 46.6 Å². The summed E-state index contributed by atoms with van der Waals surface area (Å²) < 4.78 is 15.8. The lowest BCUT2D eigenvalue weighted by molar-refractivity contribution is -0.140. The highest BCUT2D eigenvalue weighted by atomic mass is 35.5. The Kier molecular flexibility index (Phi) is 5.47. The Morgan fingerprint density at radius 1 is 1.29 bits per heavy atom. The van der Waals surface area contributed by atoms with Crippen molar-refractivity contribution in [1.29, 1.82) is 0 Å². The molecule has 1 aliphatic carbocycles. The van der Waals surface area contributed by atoms with E-state index in [0.717, 1.165) is 6.42 Å². The molecule has 3 heterocycles. The molecule has 1 aliphatic heterocycles. The maximum atomic E-state index is 14.4. The summed E-state index contributed by atoms with van der Waals surface area (Å²) in [6, 6.07) is 4.93. The fourth-order valence-electron chi connectivity index (χ4n) is 4.82. The van der Waals surface area contributed by atoms with Gasteiger partial charge in [0.05, 0.1) is 22.8 Å². The smallest absolute Gasteiger partial charge is 0.269 e. The number of carbonyl (C=O) groups is 3. The van der Waals surface area contributed by atoms with Crippen LogP contribution >= 0.6 is 11.6 Å². The van der Waals surface area contributed by atoms with Gasteiger partial charge in [0.15, 0.2) is 5.69 Å². The van der Waals surface area contributed by atoms with Gasteiger partial charge in [-0.1, -0.05) is 23.7 Å². The molecule has 3 N–H and O–H groups in total. The first-order chi connectivity index (χ1) is 16.3. The Balaban J connectivity index is 1.35. The maximum absolute atomic E-state index is 14.4. The standard InChI is InChI=1S/C23H22ClFN6O3/c1-11(13-3-2-4-15(24)20(13)25)28-23(34)17-8-12-7-16(12)31(17)19(32)10-30-18-9-27-6-5-14(18)21(29-30)22(26)33/h2-6,9,11-12,16-17H,7-8,10H2,1H3,(H2,26,33)(H,28,34)/t11?,12-,16-,17+/m1/s1. The van der Waals surface area contributed by atoms with Gasteiger partial charge in [-0.2, -0.15) is 5.10 Å². The Bertz CT molecular complexity index is 1330. The van der Waals surface area contributed by atoms with Gasteiger partial charge >= 0.3 is 0 Å². The van der Waals surface area contributed by atoms with Crippen molar-refractivity contribution in [1.82, 2.24) is 25.0 Å². The Hall–Kier alpha value is -3.53. The van der Waals surface area contributed by atoms with E-state index < -0.39 is 23.8 Å². The van der Waals surface area contributed by atoms with Crippen LogP contribution in [0.15, 0.2) is 36.7 Å². The second-order valence-electron chi connectivity index (χ2n) is 8.75. The first-order valence-electron chi connectivity index (χ1n) is 10.9. The van der Waals surface area contributed by atoms with Gasteiger partial charge in [0.1, 0.15) is 18.4 Å². The zero-order valence-electron chi connectivity index (χ0n) is 18.2. The Labute approximate surface area is 199 Å². The van der Waals surface area contributed by atoms with E-state index in [1.165, 1.54) is 23.1 Å². The highest BCUT2D eigenvalue weighted by Gasteiger charge is 2.56. The lowest BCUT2D eigenvalue weighted by Crippen LogP contribution is -2.49. The fourth-order valence-corrected chi connectivity index (χ4v) is 5.01. The van der Waals surface area contributed by atoms with Gasteiger partial charge in [0, 0.05) is 23.2 Å². The number of piperidine rings is 1. The number of amides is 3. The molecule has 0 radical (unpaired) electrons. The molecule has 1 unspecified atom stereocenters. The van der Waals surface area contributed by atoms with Crippen LogP contribution in [0.5, 0.6) is 0 Å². The van der Waals surface area contributed by atoms with Gasteiger partial charge in [-0.25, -0.2) is 4.39 Å². The maximum Gasteiger partial charge on any atom is 0.269 e. The van der Waals surface area contributed by atoms with Crippen molar-refractivity contribution in [3.05, 3.63) is 58.8 Å². The van der Waals surface area contributed by atoms with Gasteiger partial charge < -0.3 is 16.0 Å². The second-order valence-corrected chi connectivity index (χ2v) is 9.16. The molecule has 2 fully saturated rings. The van der Waals surface area contributed by atoms with E-state index in [1.807, 2.05) is 0 Å². The second kappa shape index (κ2) is 8.35. The van der Waals surface area contributed by atoms with E-state index in [9.17, 15) is 18.8 Å². The van der Waals surface area contributed by atoms with Crippen molar-refractivity contribution >= 4 is 40.2 Å². The third-order valence-corrected chi connectivity index (χ3v) is 6.87. The van der Waals surface area contributed by atoms with E-state index in [1.54, 1.807) is 30.0 Å². The van der Waals surface area contributed by atoms with Crippen molar-refractivity contribution in [2.45, 2.75) is 44.4 Å². The first kappa shape index (κ1) is 22.3. The molecule has 1 aromatic carbocycles. The molecule has 0 spiro atoms. The molecule has 2 aromatic heterocycles. The average Bonchev–Trinajstić information content (AvgIpc) is 3.30. The molecule has 11 heteroatoms. The largest absolute Gasteiger partial charge is 0.364 e. The summed E-state index contributed by atoms with van der Waals surface area (Å²) >= 11 is 5.87. The zero-order chi connectivity index (χ0) is 24.1. The van der Waals surface area contributed by atoms with Gasteiger partial charge in [0.2, 0.25) is 11.8 Å². The molecule has 2 aliphatic rings. The average molecular weight is 485 g/mol. The van der Waals surface area contributed by atoms with Crippen LogP contribution in [-0.4, -0.2) is 49.5 Å². The lowest BCUT2D eigenvalue weighted by Gasteiger charge is -2.28. The van der Waals surface area contributed by atoms with Gasteiger partial charge in [-0.05, 0) is 37.8 Å². The monoisotopic (exact) mass is 484 g/mol. The number of fused-ring (bicyclic) bond motifs is 2. The number of hydrogen-bond donors (Lipinski definition) is 2. The highest BCUT2D eigenvalue weighted by molar-refractivity contribution is 6.30. The SMILES string of the molecule is CC(NC(=O)[C@@H]1C[C@H]2C[C@H]2N1C(=O)Cn1nc(C(N)=O)c2ccncc21)c1cccc(Cl)c1F. The van der Waals surface area contributed by atoms with E-state index in [0.29, 0.717) is 17.3 Å². The van der Waals surface area contributed by atoms with Crippen LogP contribution in [0.25, 0.3) is 10.9 Å². The minimum Gasteiger partial charge on any atom is -0.364 e. The molecule has 4 atom stereocenters. The predicted octanol–water partition coefficient (Wildman–Crippen LogP) is 2.19. The number of aromatic nitrogens is 3. The first-order valence-corrected chi connectivity index (χ1v) is 11.3. The molecule has 1 saturated heterocycles. The van der Waals surface area contributed by atoms with Crippen LogP contribution in [-0.2, 0) is 16.1 Å².